The van der Waals surface area contributed by atoms with Crippen molar-refractivity contribution in [3.63, 3.8) is 0 Å². The van der Waals surface area contributed by atoms with Crippen LogP contribution < -0.4 is 5.32 Å². The van der Waals surface area contributed by atoms with Crippen LogP contribution in [0.1, 0.15) is 48.1 Å². The van der Waals surface area contributed by atoms with E-state index in [0.29, 0.717) is 35.6 Å². The number of hydrogen-bond acceptors (Lipinski definition) is 7. The number of rotatable bonds is 8. The Hall–Kier alpha value is -3.10. The molecule has 3 heterocycles. The van der Waals surface area contributed by atoms with E-state index in [1.54, 1.807) is 23.0 Å². The van der Waals surface area contributed by atoms with Gasteiger partial charge in [0.1, 0.15) is 16.5 Å². The SMILES string of the molecule is Cc1c(NCc2c(F)cccc2CN2C3CCC2CC3)ccc(S(=O)(=O)Cc2cscn2)c1F.O=C(O)C(F)(F)F. The first kappa shape index (κ1) is 30.8. The van der Waals surface area contributed by atoms with Gasteiger partial charge >= 0.3 is 12.1 Å². The third-order valence-electron chi connectivity index (χ3n) is 7.38. The highest BCUT2D eigenvalue weighted by Gasteiger charge is 2.39. The normalized spacial score (nSPS) is 18.7. The van der Waals surface area contributed by atoms with Crippen LogP contribution in [-0.4, -0.2) is 47.6 Å². The van der Waals surface area contributed by atoms with E-state index in [1.165, 1.54) is 56.1 Å². The largest absolute Gasteiger partial charge is 0.490 e. The maximum absolute atomic E-state index is 15.1. The van der Waals surface area contributed by atoms with E-state index in [4.69, 9.17) is 9.90 Å². The van der Waals surface area contributed by atoms with Gasteiger partial charge in [0.05, 0.1) is 17.0 Å². The van der Waals surface area contributed by atoms with Gasteiger partial charge in [-0.05, 0) is 56.4 Å². The van der Waals surface area contributed by atoms with Crippen LogP contribution in [0.5, 0.6) is 0 Å². The van der Waals surface area contributed by atoms with E-state index in [2.05, 4.69) is 15.2 Å². The predicted molar refractivity (Wildman–Crippen MR) is 143 cm³/mol. The number of alkyl halides is 3. The standard InChI is InChI=1S/C25H27F2N3O2S2.C2HF3O2/c1-16-23(9-10-24(25(16)27)34(31,32)14-18-13-33-15-29-18)28-11-21-17(3-2-4-22(21)26)12-30-19-5-6-20(30)8-7-19;3-2(4,5)1(6)7/h2-4,9-10,13,15,19-20,28H,5-8,11-12,14H2,1H3;(H,6,7). The number of carboxylic acid groups (broad SMARTS) is 1. The number of aliphatic carboxylic acids is 1. The number of fused-ring (bicyclic) bond motifs is 2. The number of carboxylic acids is 1. The summed E-state index contributed by atoms with van der Waals surface area (Å²) in [5, 5.41) is 11.9. The van der Waals surface area contributed by atoms with Crippen molar-refractivity contribution in [1.29, 1.82) is 0 Å². The van der Waals surface area contributed by atoms with Crippen molar-refractivity contribution in [2.75, 3.05) is 5.32 Å². The molecule has 2 fully saturated rings. The van der Waals surface area contributed by atoms with Crippen molar-refractivity contribution >= 4 is 32.8 Å². The summed E-state index contributed by atoms with van der Waals surface area (Å²) >= 11 is 1.29. The highest BCUT2D eigenvalue weighted by atomic mass is 32.2. The third-order valence-corrected chi connectivity index (χ3v) is 9.68. The van der Waals surface area contributed by atoms with Gasteiger partial charge < -0.3 is 10.4 Å². The molecule has 2 N–H and O–H groups in total. The lowest BCUT2D eigenvalue weighted by Gasteiger charge is -2.23. The Kier molecular flexibility index (Phi) is 9.34. The Morgan fingerprint density at radius 1 is 1.12 bits per heavy atom. The molecule has 2 aromatic carbocycles. The average molecular weight is 618 g/mol. The highest BCUT2D eigenvalue weighted by Crippen LogP contribution is 2.39. The van der Waals surface area contributed by atoms with Gasteiger partial charge in [-0.2, -0.15) is 13.2 Å². The van der Waals surface area contributed by atoms with Crippen LogP contribution >= 0.6 is 11.3 Å². The second-order valence-electron chi connectivity index (χ2n) is 9.96. The van der Waals surface area contributed by atoms with Crippen molar-refractivity contribution in [2.45, 2.75) is 74.6 Å². The number of carbonyl (C=O) groups is 1. The lowest BCUT2D eigenvalue weighted by atomic mass is 10.0. The molecular formula is C27H28F5N3O4S2. The Morgan fingerprint density at radius 3 is 2.32 bits per heavy atom. The summed E-state index contributed by atoms with van der Waals surface area (Å²) in [6.07, 6.45) is -0.235. The number of halogens is 5. The highest BCUT2D eigenvalue weighted by molar-refractivity contribution is 7.90. The quantitative estimate of drug-likeness (QED) is 0.296. The summed E-state index contributed by atoms with van der Waals surface area (Å²) in [5.41, 5.74) is 4.07. The molecule has 0 aliphatic carbocycles. The maximum atomic E-state index is 15.1. The zero-order chi connectivity index (χ0) is 29.9. The van der Waals surface area contributed by atoms with E-state index in [-0.39, 0.29) is 28.6 Å². The Bertz CT molecular complexity index is 1480. The molecule has 2 aliphatic heterocycles. The molecule has 14 heteroatoms. The van der Waals surface area contributed by atoms with Gasteiger partial charge in [0.15, 0.2) is 9.84 Å². The molecule has 0 radical (unpaired) electrons. The summed E-state index contributed by atoms with van der Waals surface area (Å²) in [6.45, 7) is 2.44. The average Bonchev–Trinajstić information content (AvgIpc) is 3.64. The molecule has 3 aromatic rings. The molecule has 41 heavy (non-hydrogen) atoms. The number of benzene rings is 2. The fourth-order valence-electron chi connectivity index (χ4n) is 5.28. The minimum Gasteiger partial charge on any atom is -0.475 e. The summed E-state index contributed by atoms with van der Waals surface area (Å²) in [7, 11) is -3.88. The molecule has 0 saturated carbocycles. The number of aromatic nitrogens is 1. The topological polar surface area (TPSA) is 99.6 Å². The van der Waals surface area contributed by atoms with E-state index in [0.717, 1.165) is 5.56 Å². The zero-order valence-corrected chi connectivity index (χ0v) is 23.6. The Morgan fingerprint density at radius 2 is 1.76 bits per heavy atom. The summed E-state index contributed by atoms with van der Waals surface area (Å²) in [5.74, 6) is -4.19. The van der Waals surface area contributed by atoms with Crippen molar-refractivity contribution in [3.05, 3.63) is 75.2 Å². The fraction of sp³-hybridized carbons (Fsp3) is 0.407. The second-order valence-corrected chi connectivity index (χ2v) is 12.6. The Balaban J connectivity index is 0.000000493. The number of thiazole rings is 1. The minimum absolute atomic E-state index is 0.190. The summed E-state index contributed by atoms with van der Waals surface area (Å²) in [4.78, 5) is 15.0. The van der Waals surface area contributed by atoms with Gasteiger partial charge in [-0.25, -0.2) is 27.0 Å². The van der Waals surface area contributed by atoms with E-state index in [1.807, 2.05) is 6.07 Å². The van der Waals surface area contributed by atoms with Crippen molar-refractivity contribution in [2.24, 2.45) is 0 Å². The Labute approximate surface area is 237 Å². The number of nitrogens with one attached hydrogen (secondary N) is 1. The van der Waals surface area contributed by atoms with E-state index < -0.39 is 27.8 Å². The molecule has 2 aliphatic rings. The number of anilines is 1. The van der Waals surface area contributed by atoms with Crippen LogP contribution in [-0.2, 0) is 33.5 Å². The maximum Gasteiger partial charge on any atom is 0.490 e. The van der Waals surface area contributed by atoms with Gasteiger partial charge in [-0.1, -0.05) is 12.1 Å². The monoisotopic (exact) mass is 617 g/mol. The molecule has 2 bridgehead atoms. The predicted octanol–water partition coefficient (Wildman–Crippen LogP) is 6.08. The van der Waals surface area contributed by atoms with Crippen LogP contribution in [0.4, 0.5) is 27.6 Å². The number of sulfone groups is 1. The van der Waals surface area contributed by atoms with Crippen LogP contribution in [0.15, 0.2) is 46.1 Å². The molecule has 0 amide bonds. The van der Waals surface area contributed by atoms with Gasteiger partial charge in [-0.15, -0.1) is 11.3 Å². The van der Waals surface area contributed by atoms with E-state index in [9.17, 15) is 26.0 Å². The van der Waals surface area contributed by atoms with Gasteiger partial charge in [0.2, 0.25) is 0 Å². The first-order valence-corrected chi connectivity index (χ1v) is 15.3. The minimum atomic E-state index is -5.08. The van der Waals surface area contributed by atoms with Gasteiger partial charge in [-0.3, -0.25) is 4.90 Å². The van der Waals surface area contributed by atoms with Crippen LogP contribution in [0.25, 0.3) is 0 Å². The molecule has 0 atom stereocenters. The molecule has 1 aromatic heterocycles. The van der Waals surface area contributed by atoms with Crippen LogP contribution in [0.2, 0.25) is 0 Å². The van der Waals surface area contributed by atoms with E-state index >= 15 is 4.39 Å². The van der Waals surface area contributed by atoms with Crippen molar-refractivity contribution in [1.82, 2.24) is 9.88 Å². The van der Waals surface area contributed by atoms with Crippen LogP contribution in [0.3, 0.4) is 0 Å². The molecule has 7 nitrogen and oxygen atoms in total. The molecule has 2 saturated heterocycles. The summed E-state index contributed by atoms with van der Waals surface area (Å²) < 4.78 is 87.1. The van der Waals surface area contributed by atoms with Gasteiger partial charge in [0.25, 0.3) is 0 Å². The van der Waals surface area contributed by atoms with Crippen LogP contribution in [0, 0.1) is 18.6 Å². The van der Waals surface area contributed by atoms with Crippen molar-refractivity contribution in [3.8, 4) is 0 Å². The summed E-state index contributed by atoms with van der Waals surface area (Å²) in [6, 6.07) is 9.14. The fourth-order valence-corrected chi connectivity index (χ4v) is 7.35. The lowest BCUT2D eigenvalue weighted by molar-refractivity contribution is -0.192. The molecule has 5 rings (SSSR count). The lowest BCUT2D eigenvalue weighted by Crippen LogP contribution is -2.28. The first-order chi connectivity index (χ1) is 19.3. The van der Waals surface area contributed by atoms with Crippen molar-refractivity contribution < 1.29 is 40.3 Å². The number of hydrogen-bond donors (Lipinski definition) is 2. The second kappa shape index (κ2) is 12.4. The van der Waals surface area contributed by atoms with Gasteiger partial charge in [0, 0.05) is 47.4 Å². The third kappa shape index (κ3) is 7.22. The number of nitrogens with zero attached hydrogens (tertiary/aromatic N) is 2. The molecule has 0 spiro atoms. The molecule has 0 unspecified atom stereocenters. The zero-order valence-electron chi connectivity index (χ0n) is 21.9. The molecular weight excluding hydrogens is 589 g/mol. The first-order valence-electron chi connectivity index (χ1n) is 12.7. The molecule has 222 valence electrons. The smallest absolute Gasteiger partial charge is 0.475 e.